The molecular formula is C29H44Br2F2N4O4S2. The average Bonchev–Trinajstić information content (AvgIpc) is 2.81. The largest absolute Gasteiger partial charge is 0.444 e. The van der Waals surface area contributed by atoms with E-state index in [2.05, 4.69) is 46.6 Å². The van der Waals surface area contributed by atoms with E-state index in [4.69, 9.17) is 10.5 Å². The normalized spacial score (nSPS) is 15.0. The molecule has 0 aromatic heterocycles. The summed E-state index contributed by atoms with van der Waals surface area (Å²) < 4.78 is 62.9. The van der Waals surface area contributed by atoms with Crippen LogP contribution in [0.2, 0.25) is 0 Å². The molecule has 0 spiro atoms. The van der Waals surface area contributed by atoms with Gasteiger partial charge >= 0.3 is 6.09 Å². The van der Waals surface area contributed by atoms with Crippen molar-refractivity contribution in [1.29, 1.82) is 0 Å². The van der Waals surface area contributed by atoms with E-state index in [0.717, 1.165) is 0 Å². The molecule has 0 unspecified atom stereocenters. The van der Waals surface area contributed by atoms with Crippen LogP contribution in [0.3, 0.4) is 0 Å². The molecule has 244 valence electrons. The van der Waals surface area contributed by atoms with Crippen molar-refractivity contribution in [3.8, 4) is 0 Å². The van der Waals surface area contributed by atoms with Gasteiger partial charge in [-0.15, -0.1) is 0 Å². The number of hydrogen-bond acceptors (Lipinski definition) is 5. The first-order valence-electron chi connectivity index (χ1n) is 13.5. The molecule has 2 aromatic carbocycles. The molecule has 2 aromatic rings. The second-order valence-corrected chi connectivity index (χ2v) is 18.5. The Morgan fingerprint density at radius 2 is 1.19 bits per heavy atom. The van der Waals surface area contributed by atoms with Crippen LogP contribution in [0.1, 0.15) is 85.5 Å². The molecule has 0 radical (unpaired) electrons. The van der Waals surface area contributed by atoms with E-state index < -0.39 is 55.0 Å². The third-order valence-corrected chi connectivity index (χ3v) is 9.41. The van der Waals surface area contributed by atoms with Gasteiger partial charge in [-0.1, -0.05) is 31.9 Å². The minimum atomic E-state index is -1.39. The maximum atomic E-state index is 13.7. The van der Waals surface area contributed by atoms with Crippen LogP contribution in [-0.2, 0) is 26.7 Å². The lowest BCUT2D eigenvalue weighted by atomic mass is 10.1. The Morgan fingerprint density at radius 3 is 1.53 bits per heavy atom. The lowest BCUT2D eigenvalue weighted by Crippen LogP contribution is -2.42. The number of alkyl carbamates (subject to hydrolysis) is 1. The fraction of sp³-hybridized carbons (Fsp3) is 0.552. The van der Waals surface area contributed by atoms with Crippen LogP contribution in [0.15, 0.2) is 45.3 Å². The average molecular weight is 775 g/mol. The lowest BCUT2D eigenvalue weighted by Gasteiger charge is -2.26. The monoisotopic (exact) mass is 772 g/mol. The summed E-state index contributed by atoms with van der Waals surface area (Å²) in [5.41, 5.74) is 6.29. The van der Waals surface area contributed by atoms with E-state index in [1.54, 1.807) is 32.9 Å². The third-order valence-electron chi connectivity index (χ3n) is 5.27. The molecule has 0 aliphatic carbocycles. The maximum Gasteiger partial charge on any atom is 0.407 e. The molecule has 0 saturated carbocycles. The van der Waals surface area contributed by atoms with Gasteiger partial charge in [-0.2, -0.15) is 0 Å². The van der Waals surface area contributed by atoms with Gasteiger partial charge in [-0.05, 0) is 110 Å². The molecule has 0 fully saturated rings. The van der Waals surface area contributed by atoms with Crippen molar-refractivity contribution >= 4 is 59.9 Å². The highest BCUT2D eigenvalue weighted by Gasteiger charge is 2.26. The summed E-state index contributed by atoms with van der Waals surface area (Å²) >= 11 is 6.48. The van der Waals surface area contributed by atoms with Crippen LogP contribution < -0.4 is 20.5 Å². The van der Waals surface area contributed by atoms with Gasteiger partial charge in [0.15, 0.2) is 0 Å². The maximum absolute atomic E-state index is 13.7. The molecule has 5 N–H and O–H groups in total. The Kier molecular flexibility index (Phi) is 15.6. The Balaban J connectivity index is 0.000000453. The number of rotatable bonds is 9. The van der Waals surface area contributed by atoms with Crippen LogP contribution >= 0.6 is 31.9 Å². The molecule has 2 rings (SSSR count). The van der Waals surface area contributed by atoms with Crippen molar-refractivity contribution in [3.05, 3.63) is 68.1 Å². The van der Waals surface area contributed by atoms with Crippen LogP contribution in [0, 0.1) is 11.6 Å². The SMILES string of the molecule is CC(C)(C)OC(=O)NC[C@@H](N[S@@](=O)C(C)(C)C)c1cc(F)cc(Br)c1.CC(C)(C)[S@](=O)N[C@H](CN)c1cc(F)cc(Br)c1. The van der Waals surface area contributed by atoms with E-state index in [9.17, 15) is 22.0 Å². The van der Waals surface area contributed by atoms with Gasteiger partial charge < -0.3 is 15.8 Å². The first-order valence-corrected chi connectivity index (χ1v) is 17.4. The Morgan fingerprint density at radius 1 is 0.791 bits per heavy atom. The summed E-state index contributed by atoms with van der Waals surface area (Å²) in [7, 11) is -2.64. The van der Waals surface area contributed by atoms with Gasteiger partial charge in [0.1, 0.15) is 17.2 Å². The molecule has 0 aliphatic rings. The van der Waals surface area contributed by atoms with E-state index in [1.165, 1.54) is 24.3 Å². The van der Waals surface area contributed by atoms with Crippen molar-refractivity contribution in [3.63, 3.8) is 0 Å². The molecule has 4 atom stereocenters. The van der Waals surface area contributed by atoms with Crippen molar-refractivity contribution in [2.24, 2.45) is 5.73 Å². The van der Waals surface area contributed by atoms with Gasteiger partial charge in [0.25, 0.3) is 0 Å². The van der Waals surface area contributed by atoms with E-state index in [1.807, 2.05) is 41.5 Å². The molecule has 0 saturated heterocycles. The fourth-order valence-corrected chi connectivity index (χ4v) is 5.79. The number of ether oxygens (including phenoxy) is 1. The highest BCUT2D eigenvalue weighted by molar-refractivity contribution is 9.10. The number of hydrogen-bond donors (Lipinski definition) is 4. The van der Waals surface area contributed by atoms with E-state index in [0.29, 0.717) is 20.1 Å². The van der Waals surface area contributed by atoms with Crippen molar-refractivity contribution < 1.29 is 26.7 Å². The highest BCUT2D eigenvalue weighted by Crippen LogP contribution is 2.23. The van der Waals surface area contributed by atoms with Crippen molar-refractivity contribution in [1.82, 2.24) is 14.8 Å². The van der Waals surface area contributed by atoms with Crippen LogP contribution in [0.25, 0.3) is 0 Å². The standard InChI is InChI=1S/C17H26BrFN2O3S.C12H18BrFN2OS/c1-16(2,3)24-15(22)20-10-14(21-25(23)17(4,5)6)11-7-12(18)9-13(19)8-11;1-12(2,3)18(17)16-11(7-15)8-4-9(13)6-10(14)5-8/h7-9,14,21H,10H2,1-6H3,(H,20,22);4-6,11,16H,7,15H2,1-3H3/t14-,25+;11-,18+/m11/s1. The highest BCUT2D eigenvalue weighted by atomic mass is 79.9. The summed E-state index contributed by atoms with van der Waals surface area (Å²) in [5.74, 6) is -0.767. The number of nitrogens with one attached hydrogen (secondary N) is 3. The number of benzene rings is 2. The molecule has 43 heavy (non-hydrogen) atoms. The van der Waals surface area contributed by atoms with Crippen LogP contribution in [0.5, 0.6) is 0 Å². The van der Waals surface area contributed by atoms with Gasteiger partial charge in [0.2, 0.25) is 0 Å². The van der Waals surface area contributed by atoms with Gasteiger partial charge in [-0.3, -0.25) is 0 Å². The predicted octanol–water partition coefficient (Wildman–Crippen LogP) is 6.85. The number of carbonyl (C=O) groups excluding carboxylic acids is 1. The molecule has 0 bridgehead atoms. The second-order valence-electron chi connectivity index (χ2n) is 12.6. The lowest BCUT2D eigenvalue weighted by molar-refractivity contribution is 0.0523. The molecular weight excluding hydrogens is 730 g/mol. The number of carbonyl (C=O) groups is 1. The van der Waals surface area contributed by atoms with Crippen LogP contribution in [0.4, 0.5) is 13.6 Å². The second kappa shape index (κ2) is 16.9. The van der Waals surface area contributed by atoms with Crippen molar-refractivity contribution in [2.75, 3.05) is 13.1 Å². The zero-order valence-corrected chi connectivity index (χ0v) is 30.9. The molecule has 0 heterocycles. The van der Waals surface area contributed by atoms with Gasteiger partial charge in [0, 0.05) is 22.0 Å². The minimum absolute atomic E-state index is 0.104. The van der Waals surface area contributed by atoms with Gasteiger partial charge in [-0.25, -0.2) is 31.4 Å². The smallest absolute Gasteiger partial charge is 0.407 e. The molecule has 14 heteroatoms. The first kappa shape index (κ1) is 39.7. The summed E-state index contributed by atoms with van der Waals surface area (Å²) in [6, 6.07) is 8.07. The van der Waals surface area contributed by atoms with Crippen LogP contribution in [-0.4, -0.2) is 42.7 Å². The summed E-state index contributed by atoms with van der Waals surface area (Å²) in [6.07, 6.45) is -0.587. The Hall–Kier alpha value is -1.29. The molecule has 1 amide bonds. The summed E-state index contributed by atoms with van der Waals surface area (Å²) in [4.78, 5) is 11.9. The van der Waals surface area contributed by atoms with E-state index in [-0.39, 0.29) is 24.9 Å². The molecule has 0 aliphatic heterocycles. The first-order chi connectivity index (χ1) is 19.5. The van der Waals surface area contributed by atoms with E-state index >= 15 is 0 Å². The topological polar surface area (TPSA) is 123 Å². The number of nitrogens with two attached hydrogens (primary N) is 1. The van der Waals surface area contributed by atoms with Crippen molar-refractivity contribution in [2.45, 2.75) is 89.5 Å². The minimum Gasteiger partial charge on any atom is -0.444 e. The Labute approximate surface area is 276 Å². The summed E-state index contributed by atoms with van der Waals surface area (Å²) in [6.45, 7) is 16.7. The zero-order valence-electron chi connectivity index (χ0n) is 26.1. The quantitative estimate of drug-likeness (QED) is 0.222. The summed E-state index contributed by atoms with van der Waals surface area (Å²) in [5, 5.41) is 2.64. The third kappa shape index (κ3) is 15.5. The fourth-order valence-electron chi connectivity index (χ4n) is 3.14. The number of halogens is 4. The number of amides is 1. The predicted molar refractivity (Wildman–Crippen MR) is 179 cm³/mol. The zero-order chi connectivity index (χ0) is 33.3. The van der Waals surface area contributed by atoms with Gasteiger partial charge in [0.05, 0.1) is 43.5 Å². The Bertz CT molecular complexity index is 1240. The molecule has 8 nitrogen and oxygen atoms in total.